The van der Waals surface area contributed by atoms with E-state index < -0.39 is 33.7 Å². The molecule has 1 unspecified atom stereocenters. The average Bonchev–Trinajstić information content (AvgIpc) is 2.81. The Morgan fingerprint density at radius 3 is 1.46 bits per heavy atom. The summed E-state index contributed by atoms with van der Waals surface area (Å²) >= 11 is 0. The van der Waals surface area contributed by atoms with Crippen LogP contribution in [0.5, 0.6) is 11.5 Å². The molecule has 0 aliphatic heterocycles. The Morgan fingerprint density at radius 2 is 1.10 bits per heavy atom. The molecule has 2 aromatic rings. The number of carbonyl (C=O) groups excluding carboxylic acids is 2. The van der Waals surface area contributed by atoms with E-state index in [0.717, 1.165) is 11.1 Å². The van der Waals surface area contributed by atoms with Gasteiger partial charge < -0.3 is 18.9 Å². The monoisotopic (exact) mass is 573 g/mol. The quantitative estimate of drug-likeness (QED) is 0.173. The van der Waals surface area contributed by atoms with Gasteiger partial charge in [0.1, 0.15) is 37.9 Å². The second-order valence-electron chi connectivity index (χ2n) is 10.8. The molecule has 11 heteroatoms. The van der Waals surface area contributed by atoms with Crippen LogP contribution < -0.4 is 9.47 Å². The van der Waals surface area contributed by atoms with Gasteiger partial charge in [0.15, 0.2) is 5.25 Å². The Hall–Kier alpha value is -2.11. The van der Waals surface area contributed by atoms with Gasteiger partial charge in [0.25, 0.3) is 10.1 Å². The molecule has 2 rings (SSSR count). The molecular formula is C28H38NaO9S. The van der Waals surface area contributed by atoms with Gasteiger partial charge in [0, 0.05) is 29.6 Å². The van der Waals surface area contributed by atoms with E-state index in [1.54, 1.807) is 24.3 Å². The summed E-state index contributed by atoms with van der Waals surface area (Å²) in [6.45, 7) is 12.1. The molecule has 0 saturated carbocycles. The third kappa shape index (κ3) is 12.3. The van der Waals surface area contributed by atoms with Crippen LogP contribution in [0.3, 0.4) is 0 Å². The number of ether oxygens (including phenoxy) is 4. The summed E-state index contributed by atoms with van der Waals surface area (Å²) in [4.78, 5) is 24.4. The van der Waals surface area contributed by atoms with Crippen LogP contribution in [0, 0.1) is 0 Å². The molecule has 1 radical (unpaired) electrons. The SMILES string of the molecule is CC(C)(C)c1ccc(OCCOC(=O)CC(C(=O)OCCOc2ccc(C(C)(C)C)cc2)S(=O)(=O)O)cc1.[Na]. The van der Waals surface area contributed by atoms with E-state index in [0.29, 0.717) is 11.5 Å². The van der Waals surface area contributed by atoms with E-state index in [1.807, 2.05) is 24.3 Å². The van der Waals surface area contributed by atoms with Crippen molar-refractivity contribution in [1.29, 1.82) is 0 Å². The van der Waals surface area contributed by atoms with E-state index in [4.69, 9.17) is 18.9 Å². The normalized spacial score (nSPS) is 12.6. The summed E-state index contributed by atoms with van der Waals surface area (Å²) < 4.78 is 53.7. The minimum atomic E-state index is -4.90. The van der Waals surface area contributed by atoms with Crippen LogP contribution in [0.4, 0.5) is 0 Å². The zero-order chi connectivity index (χ0) is 28.6. The number of rotatable bonds is 12. The van der Waals surface area contributed by atoms with Crippen molar-refractivity contribution in [2.45, 2.75) is 64.0 Å². The molecule has 0 aliphatic rings. The maximum Gasteiger partial charge on any atom is 0.327 e. The van der Waals surface area contributed by atoms with E-state index in [9.17, 15) is 22.6 Å². The van der Waals surface area contributed by atoms with Crippen LogP contribution in [0.2, 0.25) is 0 Å². The second-order valence-corrected chi connectivity index (χ2v) is 12.4. The average molecular weight is 574 g/mol. The zero-order valence-corrected chi connectivity index (χ0v) is 26.7. The summed E-state index contributed by atoms with van der Waals surface area (Å²) in [5.41, 5.74) is 2.26. The fourth-order valence-corrected chi connectivity index (χ4v) is 3.99. The molecule has 0 aromatic heterocycles. The van der Waals surface area contributed by atoms with E-state index in [2.05, 4.69) is 41.5 Å². The Morgan fingerprint density at radius 1 is 0.718 bits per heavy atom. The van der Waals surface area contributed by atoms with Crippen molar-refractivity contribution in [3.63, 3.8) is 0 Å². The fourth-order valence-electron chi connectivity index (χ4n) is 3.33. The molecule has 0 amide bonds. The summed E-state index contributed by atoms with van der Waals surface area (Å²) in [6, 6.07) is 14.9. The van der Waals surface area contributed by atoms with Crippen LogP contribution in [0.1, 0.15) is 59.1 Å². The molecule has 0 spiro atoms. The topological polar surface area (TPSA) is 125 Å². The first-order valence-electron chi connectivity index (χ1n) is 12.3. The van der Waals surface area contributed by atoms with Crippen molar-refractivity contribution in [3.05, 3.63) is 59.7 Å². The van der Waals surface area contributed by atoms with Gasteiger partial charge in [-0.15, -0.1) is 0 Å². The molecule has 0 aliphatic carbocycles. The Bertz CT molecular complexity index is 1160. The van der Waals surface area contributed by atoms with Gasteiger partial charge in [-0.3, -0.25) is 14.1 Å². The predicted molar refractivity (Wildman–Crippen MR) is 149 cm³/mol. The van der Waals surface area contributed by atoms with E-state index >= 15 is 0 Å². The van der Waals surface area contributed by atoms with Gasteiger partial charge in [-0.25, -0.2) is 0 Å². The first-order valence-corrected chi connectivity index (χ1v) is 13.8. The number of hydrogen-bond acceptors (Lipinski definition) is 8. The molecule has 39 heavy (non-hydrogen) atoms. The third-order valence-electron chi connectivity index (χ3n) is 5.63. The zero-order valence-electron chi connectivity index (χ0n) is 23.9. The number of hydrogen-bond donors (Lipinski definition) is 1. The first kappa shape index (κ1) is 34.9. The van der Waals surface area contributed by atoms with Crippen LogP contribution in [0.15, 0.2) is 48.5 Å². The molecule has 1 N–H and O–H groups in total. The van der Waals surface area contributed by atoms with Gasteiger partial charge in [-0.1, -0.05) is 65.8 Å². The van der Waals surface area contributed by atoms with Crippen LogP contribution in [-0.4, -0.2) is 86.1 Å². The van der Waals surface area contributed by atoms with Crippen molar-refractivity contribution in [1.82, 2.24) is 0 Å². The summed E-state index contributed by atoms with van der Waals surface area (Å²) in [5.74, 6) is -1.13. The molecule has 0 fully saturated rings. The molecule has 0 heterocycles. The number of benzene rings is 2. The van der Waals surface area contributed by atoms with Gasteiger partial charge in [-0.2, -0.15) is 8.42 Å². The molecule has 1 atom stereocenters. The maximum absolute atomic E-state index is 12.3. The number of carbonyl (C=O) groups is 2. The number of esters is 2. The minimum Gasteiger partial charge on any atom is -0.490 e. The van der Waals surface area contributed by atoms with Gasteiger partial charge in [0.05, 0.1) is 6.42 Å². The fraction of sp³-hybridized carbons (Fsp3) is 0.500. The van der Waals surface area contributed by atoms with Crippen LogP contribution in [0.25, 0.3) is 0 Å². The van der Waals surface area contributed by atoms with Crippen molar-refractivity contribution in [2.75, 3.05) is 26.4 Å². The molecule has 0 bridgehead atoms. The summed E-state index contributed by atoms with van der Waals surface area (Å²) in [6.07, 6.45) is -0.896. The van der Waals surface area contributed by atoms with Crippen molar-refractivity contribution in [3.8, 4) is 11.5 Å². The first-order chi connectivity index (χ1) is 17.6. The van der Waals surface area contributed by atoms with E-state index in [1.165, 1.54) is 0 Å². The Balaban J connectivity index is 0.00000760. The third-order valence-corrected chi connectivity index (χ3v) is 6.70. The standard InChI is InChI=1S/C28H38O9S.Na/c1-27(2,3)20-7-11-22(12-8-20)34-15-17-36-25(29)19-24(38(31,32)33)26(30)37-18-16-35-23-13-9-21(10-14-23)28(4,5)6;/h7-14,24H,15-19H2,1-6H3,(H,31,32,33);. The summed E-state index contributed by atoms with van der Waals surface area (Å²) in [5, 5.41) is -2.10. The van der Waals surface area contributed by atoms with E-state index in [-0.39, 0.29) is 66.8 Å². The largest absolute Gasteiger partial charge is 0.490 e. The molecule has 0 saturated heterocycles. The molecular weight excluding hydrogens is 535 g/mol. The maximum atomic E-state index is 12.3. The minimum absolute atomic E-state index is 0. The molecule has 2 aromatic carbocycles. The predicted octanol–water partition coefficient (Wildman–Crippen LogP) is 4.09. The van der Waals surface area contributed by atoms with Crippen LogP contribution >= 0.6 is 0 Å². The van der Waals surface area contributed by atoms with Crippen molar-refractivity contribution >= 4 is 51.6 Å². The summed E-state index contributed by atoms with van der Waals surface area (Å²) in [7, 11) is -4.90. The van der Waals surface area contributed by atoms with Gasteiger partial charge in [-0.05, 0) is 46.2 Å². The molecule has 9 nitrogen and oxygen atoms in total. The van der Waals surface area contributed by atoms with Crippen molar-refractivity contribution in [2.24, 2.45) is 0 Å². The molecule has 211 valence electrons. The van der Waals surface area contributed by atoms with Gasteiger partial charge in [0.2, 0.25) is 0 Å². The second kappa shape index (κ2) is 15.0. The smallest absolute Gasteiger partial charge is 0.327 e. The Kier molecular flexibility index (Phi) is 13.5. The Labute approximate surface area is 253 Å². The van der Waals surface area contributed by atoms with Crippen LogP contribution in [-0.2, 0) is 40.0 Å². The van der Waals surface area contributed by atoms with Crippen molar-refractivity contribution < 1.29 is 41.5 Å². The van der Waals surface area contributed by atoms with Gasteiger partial charge >= 0.3 is 11.9 Å².